The second-order valence-electron chi connectivity index (χ2n) is 9.08. The molecule has 1 aromatic heterocycles. The molecular formula is C29H30ClN3O2. The zero-order valence-corrected chi connectivity index (χ0v) is 21.0. The molecule has 1 fully saturated rings. The molecule has 35 heavy (non-hydrogen) atoms. The van der Waals surface area contributed by atoms with Gasteiger partial charge in [-0.05, 0) is 48.9 Å². The molecule has 3 aromatic carbocycles. The molecule has 6 heteroatoms. The van der Waals surface area contributed by atoms with Crippen molar-refractivity contribution in [1.29, 1.82) is 0 Å². The van der Waals surface area contributed by atoms with Crippen LogP contribution in [0.1, 0.15) is 21.6 Å². The molecule has 1 aliphatic rings. The van der Waals surface area contributed by atoms with Crippen molar-refractivity contribution in [3.63, 3.8) is 0 Å². The fraction of sp³-hybridized carbons (Fsp3) is 0.276. The Labute approximate surface area is 211 Å². The Balaban J connectivity index is 1.38. The number of piperazine rings is 1. The van der Waals surface area contributed by atoms with Crippen molar-refractivity contribution in [3.8, 4) is 5.75 Å². The lowest BCUT2D eigenvalue weighted by atomic mass is 10.1. The van der Waals surface area contributed by atoms with Gasteiger partial charge in [0.2, 0.25) is 0 Å². The van der Waals surface area contributed by atoms with Crippen LogP contribution in [0.3, 0.4) is 0 Å². The third-order valence-corrected chi connectivity index (χ3v) is 7.14. The van der Waals surface area contributed by atoms with Crippen molar-refractivity contribution < 1.29 is 9.53 Å². The van der Waals surface area contributed by atoms with Crippen molar-refractivity contribution in [2.75, 3.05) is 44.7 Å². The smallest absolute Gasteiger partial charge is 0.179 e. The molecule has 0 spiro atoms. The normalized spacial score (nSPS) is 14.4. The van der Waals surface area contributed by atoms with E-state index >= 15 is 0 Å². The molecule has 0 unspecified atom stereocenters. The van der Waals surface area contributed by atoms with Crippen LogP contribution in [0.4, 0.5) is 5.69 Å². The van der Waals surface area contributed by atoms with E-state index in [1.807, 2.05) is 36.4 Å². The molecule has 2 heterocycles. The number of anilines is 1. The van der Waals surface area contributed by atoms with E-state index in [1.165, 1.54) is 5.56 Å². The largest absolute Gasteiger partial charge is 0.497 e. The number of aromatic nitrogens is 1. The van der Waals surface area contributed by atoms with Crippen LogP contribution in [0.15, 0.2) is 72.8 Å². The number of rotatable bonds is 7. The summed E-state index contributed by atoms with van der Waals surface area (Å²) in [7, 11) is 1.66. The Kier molecular flexibility index (Phi) is 6.80. The monoisotopic (exact) mass is 487 g/mol. The van der Waals surface area contributed by atoms with Gasteiger partial charge in [0, 0.05) is 65.6 Å². The number of benzene rings is 3. The van der Waals surface area contributed by atoms with Gasteiger partial charge in [-0.2, -0.15) is 0 Å². The Hall–Kier alpha value is -3.28. The predicted molar refractivity (Wildman–Crippen MR) is 143 cm³/mol. The van der Waals surface area contributed by atoms with Crippen molar-refractivity contribution in [3.05, 3.63) is 94.6 Å². The van der Waals surface area contributed by atoms with Gasteiger partial charge in [0.1, 0.15) is 5.75 Å². The van der Waals surface area contributed by atoms with Crippen molar-refractivity contribution in [1.82, 2.24) is 9.47 Å². The molecule has 180 valence electrons. The van der Waals surface area contributed by atoms with Gasteiger partial charge in [0.05, 0.1) is 13.7 Å². The van der Waals surface area contributed by atoms with Crippen LogP contribution in [-0.2, 0) is 6.54 Å². The van der Waals surface area contributed by atoms with Gasteiger partial charge in [0.15, 0.2) is 5.78 Å². The van der Waals surface area contributed by atoms with Gasteiger partial charge in [-0.1, -0.05) is 48.0 Å². The molecule has 0 saturated carbocycles. The number of Topliss-reactive ketones (excluding diaryl/α,β-unsaturated/α-hetero) is 1. The number of carbonyl (C=O) groups excluding carboxylic acids is 1. The van der Waals surface area contributed by atoms with E-state index < -0.39 is 0 Å². The first-order chi connectivity index (χ1) is 17.0. The number of ether oxygens (including phenoxy) is 1. The molecule has 1 saturated heterocycles. The SMILES string of the molecule is COc1ccc2c(c1)c(C(=O)CN1CCN(c3cccc(Cl)c3)CC1)c(C)n2Cc1ccccc1. The van der Waals surface area contributed by atoms with Crippen LogP contribution in [0.25, 0.3) is 10.9 Å². The van der Waals surface area contributed by atoms with Gasteiger partial charge in [-0.15, -0.1) is 0 Å². The summed E-state index contributed by atoms with van der Waals surface area (Å²) in [6, 6.07) is 24.4. The molecular weight excluding hydrogens is 458 g/mol. The van der Waals surface area contributed by atoms with E-state index in [1.54, 1.807) is 7.11 Å². The summed E-state index contributed by atoms with van der Waals surface area (Å²) in [6.45, 7) is 6.60. The number of fused-ring (bicyclic) bond motifs is 1. The molecule has 4 aromatic rings. The summed E-state index contributed by atoms with van der Waals surface area (Å²) in [5.41, 5.74) is 5.20. The van der Waals surface area contributed by atoms with Crippen molar-refractivity contribution in [2.45, 2.75) is 13.5 Å². The first kappa shape index (κ1) is 23.5. The second kappa shape index (κ2) is 10.1. The Morgan fingerprint density at radius 3 is 2.43 bits per heavy atom. The van der Waals surface area contributed by atoms with Gasteiger partial charge < -0.3 is 14.2 Å². The van der Waals surface area contributed by atoms with E-state index in [2.05, 4.69) is 57.7 Å². The summed E-state index contributed by atoms with van der Waals surface area (Å²) >= 11 is 6.17. The third-order valence-electron chi connectivity index (χ3n) is 6.91. The van der Waals surface area contributed by atoms with Gasteiger partial charge in [-0.3, -0.25) is 9.69 Å². The molecule has 5 nitrogen and oxygen atoms in total. The molecule has 0 amide bonds. The maximum absolute atomic E-state index is 13.7. The number of nitrogens with zero attached hydrogens (tertiary/aromatic N) is 3. The summed E-state index contributed by atoms with van der Waals surface area (Å²) in [4.78, 5) is 18.3. The minimum Gasteiger partial charge on any atom is -0.497 e. The highest BCUT2D eigenvalue weighted by molar-refractivity contribution is 6.30. The van der Waals surface area contributed by atoms with Crippen LogP contribution in [0.5, 0.6) is 5.75 Å². The average Bonchev–Trinajstić information content (AvgIpc) is 3.15. The molecule has 0 aliphatic carbocycles. The number of ketones is 1. The van der Waals surface area contributed by atoms with E-state index in [9.17, 15) is 4.79 Å². The molecule has 0 radical (unpaired) electrons. The van der Waals surface area contributed by atoms with Crippen LogP contribution in [0.2, 0.25) is 5.02 Å². The zero-order valence-electron chi connectivity index (χ0n) is 20.2. The lowest BCUT2D eigenvalue weighted by molar-refractivity contribution is 0.0927. The Morgan fingerprint density at radius 2 is 1.71 bits per heavy atom. The first-order valence-electron chi connectivity index (χ1n) is 12.0. The van der Waals surface area contributed by atoms with Crippen LogP contribution < -0.4 is 9.64 Å². The van der Waals surface area contributed by atoms with Crippen LogP contribution in [0, 0.1) is 6.92 Å². The number of hydrogen-bond donors (Lipinski definition) is 0. The lowest BCUT2D eigenvalue weighted by Crippen LogP contribution is -2.48. The summed E-state index contributed by atoms with van der Waals surface area (Å²) in [5, 5.41) is 1.71. The van der Waals surface area contributed by atoms with E-state index in [0.717, 1.165) is 71.3 Å². The topological polar surface area (TPSA) is 37.7 Å². The molecule has 0 bridgehead atoms. The quantitative estimate of drug-likeness (QED) is 0.315. The maximum atomic E-state index is 13.7. The number of halogens is 1. The maximum Gasteiger partial charge on any atom is 0.179 e. The minimum absolute atomic E-state index is 0.156. The van der Waals surface area contributed by atoms with E-state index in [0.29, 0.717) is 6.54 Å². The number of hydrogen-bond acceptors (Lipinski definition) is 4. The minimum atomic E-state index is 0.156. The molecule has 0 N–H and O–H groups in total. The fourth-order valence-corrected chi connectivity index (χ4v) is 5.21. The zero-order chi connectivity index (χ0) is 24.4. The van der Waals surface area contributed by atoms with Gasteiger partial charge in [0.25, 0.3) is 0 Å². The summed E-state index contributed by atoms with van der Waals surface area (Å²) < 4.78 is 7.74. The lowest BCUT2D eigenvalue weighted by Gasteiger charge is -2.35. The summed E-state index contributed by atoms with van der Waals surface area (Å²) in [5.74, 6) is 0.919. The first-order valence-corrected chi connectivity index (χ1v) is 12.4. The number of methoxy groups -OCH3 is 1. The summed E-state index contributed by atoms with van der Waals surface area (Å²) in [6.07, 6.45) is 0. The van der Waals surface area contributed by atoms with Crippen molar-refractivity contribution in [2.24, 2.45) is 0 Å². The highest BCUT2D eigenvalue weighted by Crippen LogP contribution is 2.31. The molecule has 5 rings (SSSR count). The Morgan fingerprint density at radius 1 is 0.943 bits per heavy atom. The fourth-order valence-electron chi connectivity index (χ4n) is 5.03. The third kappa shape index (κ3) is 4.93. The van der Waals surface area contributed by atoms with Crippen molar-refractivity contribution >= 4 is 34.0 Å². The molecule has 1 aliphatic heterocycles. The standard InChI is InChI=1S/C29H30ClN3O2/c1-21-29(28(34)20-31-13-15-32(16-14-31)24-10-6-9-23(30)17-24)26-18-25(35-2)11-12-27(26)33(21)19-22-7-4-3-5-8-22/h3-12,17-18H,13-16,19-20H2,1-2H3. The van der Waals surface area contributed by atoms with Crippen LogP contribution >= 0.6 is 11.6 Å². The van der Waals surface area contributed by atoms with Crippen LogP contribution in [-0.4, -0.2) is 55.1 Å². The average molecular weight is 488 g/mol. The highest BCUT2D eigenvalue weighted by atomic mass is 35.5. The van der Waals surface area contributed by atoms with E-state index in [4.69, 9.17) is 16.3 Å². The number of carbonyl (C=O) groups is 1. The van der Waals surface area contributed by atoms with E-state index in [-0.39, 0.29) is 5.78 Å². The Bertz CT molecular complexity index is 1340. The second-order valence-corrected chi connectivity index (χ2v) is 9.52. The molecule has 0 atom stereocenters. The highest BCUT2D eigenvalue weighted by Gasteiger charge is 2.25. The van der Waals surface area contributed by atoms with Gasteiger partial charge >= 0.3 is 0 Å². The van der Waals surface area contributed by atoms with Gasteiger partial charge in [-0.25, -0.2) is 0 Å². The predicted octanol–water partition coefficient (Wildman–Crippen LogP) is 5.66.